The molecule has 2 aromatic rings. The normalized spacial score (nSPS) is 11.9. The minimum absolute atomic E-state index is 0.101. The Morgan fingerprint density at radius 1 is 1.25 bits per heavy atom. The van der Waals surface area contributed by atoms with Gasteiger partial charge >= 0.3 is 6.18 Å². The lowest BCUT2D eigenvalue weighted by molar-refractivity contribution is -0.137. The molecule has 0 atom stereocenters. The van der Waals surface area contributed by atoms with Crippen molar-refractivity contribution in [2.24, 2.45) is 0 Å². The molecule has 0 aliphatic heterocycles. The van der Waals surface area contributed by atoms with Gasteiger partial charge in [-0.3, -0.25) is 0 Å². The van der Waals surface area contributed by atoms with Crippen molar-refractivity contribution in [2.75, 3.05) is 6.26 Å². The molecule has 1 aromatic heterocycles. The number of benzene rings is 1. The number of hydrogen-bond donors (Lipinski definition) is 0. The summed E-state index contributed by atoms with van der Waals surface area (Å²) >= 11 is 15.4. The smallest absolute Gasteiger partial charge is 0.236 e. The zero-order valence-corrected chi connectivity index (χ0v) is 14.3. The van der Waals surface area contributed by atoms with E-state index in [9.17, 15) is 13.2 Å². The number of halogens is 6. The minimum Gasteiger partial charge on any atom is -0.236 e. The van der Waals surface area contributed by atoms with Crippen molar-refractivity contribution < 1.29 is 13.2 Å². The van der Waals surface area contributed by atoms with Crippen molar-refractivity contribution in [1.82, 2.24) is 9.78 Å². The van der Waals surface area contributed by atoms with Gasteiger partial charge in [-0.1, -0.05) is 23.2 Å². The van der Waals surface area contributed by atoms with Gasteiger partial charge in [0.1, 0.15) is 10.7 Å². The summed E-state index contributed by atoms with van der Waals surface area (Å²) in [7, 11) is 0. The van der Waals surface area contributed by atoms with Crippen LogP contribution in [0.4, 0.5) is 13.2 Å². The summed E-state index contributed by atoms with van der Waals surface area (Å²) in [5.41, 5.74) is -0.650. The minimum atomic E-state index is -4.49. The van der Waals surface area contributed by atoms with E-state index in [2.05, 4.69) is 27.7 Å². The van der Waals surface area contributed by atoms with Crippen molar-refractivity contribution in [2.45, 2.75) is 11.2 Å². The Labute approximate surface area is 140 Å². The lowest BCUT2D eigenvalue weighted by Crippen LogP contribution is -2.07. The summed E-state index contributed by atoms with van der Waals surface area (Å²) in [6, 6.07) is 1.69. The van der Waals surface area contributed by atoms with E-state index in [0.717, 1.165) is 20.7 Å². The highest BCUT2D eigenvalue weighted by Gasteiger charge is 2.32. The zero-order chi connectivity index (χ0) is 15.1. The first-order chi connectivity index (χ1) is 9.24. The van der Waals surface area contributed by atoms with Gasteiger partial charge in [-0.2, -0.15) is 18.3 Å². The van der Waals surface area contributed by atoms with E-state index in [-0.39, 0.29) is 15.7 Å². The molecule has 0 saturated heterocycles. The quantitative estimate of drug-likeness (QED) is 0.440. The number of alkyl halides is 3. The third-order valence-corrected chi connectivity index (χ3v) is 4.83. The Morgan fingerprint density at radius 2 is 1.80 bits per heavy atom. The van der Waals surface area contributed by atoms with Gasteiger partial charge in [-0.25, -0.2) is 4.68 Å². The van der Waals surface area contributed by atoms with Crippen molar-refractivity contribution in [3.05, 3.63) is 37.5 Å². The Balaban J connectivity index is 2.58. The van der Waals surface area contributed by atoms with E-state index in [1.807, 2.05) is 6.26 Å². The number of aromatic nitrogens is 2. The number of nitrogens with zero attached hydrogens (tertiary/aromatic N) is 2. The zero-order valence-electron chi connectivity index (χ0n) is 9.80. The van der Waals surface area contributed by atoms with Gasteiger partial charge in [0.15, 0.2) is 0 Å². The van der Waals surface area contributed by atoms with Crippen LogP contribution in [-0.2, 0) is 6.18 Å². The largest absolute Gasteiger partial charge is 0.416 e. The maximum Gasteiger partial charge on any atom is 0.416 e. The van der Waals surface area contributed by atoms with E-state index in [4.69, 9.17) is 23.2 Å². The number of rotatable bonds is 2. The van der Waals surface area contributed by atoms with E-state index >= 15 is 0 Å². The number of hydrogen-bond acceptors (Lipinski definition) is 2. The standard InChI is InChI=1S/C11H6Cl2F3IN2S/c1-20-10-8(17)4-19(18-10)9-6(12)2-5(3-7(9)13)11(14,15)16/h2-4H,1H3. The van der Waals surface area contributed by atoms with E-state index < -0.39 is 11.7 Å². The molecule has 0 bridgehead atoms. The van der Waals surface area contributed by atoms with Gasteiger partial charge in [0.25, 0.3) is 0 Å². The topological polar surface area (TPSA) is 17.8 Å². The highest BCUT2D eigenvalue weighted by atomic mass is 127. The summed E-state index contributed by atoms with van der Waals surface area (Å²) in [6.45, 7) is 0. The highest BCUT2D eigenvalue weighted by molar-refractivity contribution is 14.1. The lowest BCUT2D eigenvalue weighted by atomic mass is 10.2. The van der Waals surface area contributed by atoms with Crippen molar-refractivity contribution >= 4 is 57.6 Å². The highest BCUT2D eigenvalue weighted by Crippen LogP contribution is 2.37. The molecule has 1 heterocycles. The third-order valence-electron chi connectivity index (χ3n) is 2.41. The molecule has 9 heteroatoms. The van der Waals surface area contributed by atoms with Crippen LogP contribution in [0.1, 0.15) is 5.56 Å². The Morgan fingerprint density at radius 3 is 2.20 bits per heavy atom. The van der Waals surface area contributed by atoms with Crippen molar-refractivity contribution in [1.29, 1.82) is 0 Å². The van der Waals surface area contributed by atoms with Crippen LogP contribution in [0.3, 0.4) is 0 Å². The van der Waals surface area contributed by atoms with Crippen LogP contribution in [0.15, 0.2) is 23.4 Å². The molecule has 108 valence electrons. The second-order valence-electron chi connectivity index (χ2n) is 3.72. The Hall–Kier alpha value is -0.120. The molecule has 0 spiro atoms. The molecule has 0 aliphatic carbocycles. The van der Waals surface area contributed by atoms with Crippen LogP contribution in [0.25, 0.3) is 5.69 Å². The number of thioether (sulfide) groups is 1. The molecule has 20 heavy (non-hydrogen) atoms. The second kappa shape index (κ2) is 5.94. The molecule has 2 rings (SSSR count). The van der Waals surface area contributed by atoms with Gasteiger partial charge in [-0.15, -0.1) is 11.8 Å². The average molecular weight is 453 g/mol. The maximum atomic E-state index is 12.7. The maximum absolute atomic E-state index is 12.7. The van der Waals surface area contributed by atoms with Crippen LogP contribution in [0.2, 0.25) is 10.0 Å². The predicted molar refractivity (Wildman–Crippen MR) is 83.1 cm³/mol. The fourth-order valence-corrected chi connectivity index (χ4v) is 3.65. The van der Waals surface area contributed by atoms with Crippen LogP contribution in [0.5, 0.6) is 0 Å². The van der Waals surface area contributed by atoms with Crippen molar-refractivity contribution in [3.8, 4) is 5.69 Å². The molecule has 0 amide bonds. The van der Waals surface area contributed by atoms with Gasteiger partial charge < -0.3 is 0 Å². The molecule has 0 aliphatic rings. The van der Waals surface area contributed by atoms with Crippen LogP contribution in [-0.4, -0.2) is 16.0 Å². The van der Waals surface area contributed by atoms with E-state index in [0.29, 0.717) is 0 Å². The Bertz CT molecular complexity index is 635. The predicted octanol–water partition coefficient (Wildman–Crippen LogP) is 5.52. The van der Waals surface area contributed by atoms with Gasteiger partial charge in [0.05, 0.1) is 19.2 Å². The summed E-state index contributed by atoms with van der Waals surface area (Å²) in [6.07, 6.45) is -0.980. The fraction of sp³-hybridized carbons (Fsp3) is 0.182. The molecule has 0 fully saturated rings. The third kappa shape index (κ3) is 3.20. The summed E-state index contributed by atoms with van der Waals surface area (Å²) in [5, 5.41) is 4.78. The van der Waals surface area contributed by atoms with E-state index in [1.165, 1.54) is 16.4 Å². The van der Waals surface area contributed by atoms with Crippen LogP contribution < -0.4 is 0 Å². The molecule has 0 unspecified atom stereocenters. The SMILES string of the molecule is CSc1nn(-c2c(Cl)cc(C(F)(F)F)cc2Cl)cc1I. The second-order valence-corrected chi connectivity index (χ2v) is 6.49. The van der Waals surface area contributed by atoms with Crippen molar-refractivity contribution in [3.63, 3.8) is 0 Å². The average Bonchev–Trinajstić information content (AvgIpc) is 2.68. The lowest BCUT2D eigenvalue weighted by Gasteiger charge is -2.12. The molecule has 0 saturated carbocycles. The summed E-state index contributed by atoms with van der Waals surface area (Å²) < 4.78 is 40.2. The molecule has 1 aromatic carbocycles. The molecule has 0 radical (unpaired) electrons. The van der Waals surface area contributed by atoms with Gasteiger partial charge in [0, 0.05) is 6.20 Å². The fourth-order valence-electron chi connectivity index (χ4n) is 1.54. The van der Waals surface area contributed by atoms with Crippen LogP contribution >= 0.6 is 57.6 Å². The first kappa shape index (κ1) is 16.3. The van der Waals surface area contributed by atoms with Gasteiger partial charge in [0.2, 0.25) is 0 Å². The van der Waals surface area contributed by atoms with Crippen LogP contribution in [0, 0.1) is 3.57 Å². The summed E-state index contributed by atoms with van der Waals surface area (Å²) in [5.74, 6) is 0. The molecular formula is C11H6Cl2F3IN2S. The molecule has 0 N–H and O–H groups in total. The van der Waals surface area contributed by atoms with E-state index in [1.54, 1.807) is 6.20 Å². The monoisotopic (exact) mass is 452 g/mol. The Kier molecular flexibility index (Phi) is 4.83. The summed E-state index contributed by atoms with van der Waals surface area (Å²) in [4.78, 5) is 0. The van der Waals surface area contributed by atoms with Gasteiger partial charge in [-0.05, 0) is 41.0 Å². The first-order valence-electron chi connectivity index (χ1n) is 5.10. The molecule has 2 nitrogen and oxygen atoms in total. The first-order valence-corrected chi connectivity index (χ1v) is 8.15. The molecular weight excluding hydrogens is 447 g/mol.